The summed E-state index contributed by atoms with van der Waals surface area (Å²) in [6.07, 6.45) is -2.51. The van der Waals surface area contributed by atoms with Crippen molar-refractivity contribution in [1.29, 1.82) is 0 Å². The lowest BCUT2D eigenvalue weighted by molar-refractivity contribution is -0.143. The van der Waals surface area contributed by atoms with Crippen molar-refractivity contribution in [1.82, 2.24) is 15.1 Å². The molecule has 3 N–H and O–H groups in total. The van der Waals surface area contributed by atoms with Gasteiger partial charge in [0.1, 0.15) is 0 Å². The number of rotatable bonds is 7. The third-order valence-electron chi connectivity index (χ3n) is 3.80. The number of piperidine rings is 1. The molecule has 0 aromatic heterocycles. The maximum absolute atomic E-state index is 12.2. The quantitative estimate of drug-likeness (QED) is 0.245. The Bertz CT molecular complexity index is 443. The van der Waals surface area contributed by atoms with Gasteiger partial charge in [-0.2, -0.15) is 13.2 Å². The van der Waals surface area contributed by atoms with Crippen LogP contribution in [0.25, 0.3) is 0 Å². The fourth-order valence-corrected chi connectivity index (χ4v) is 2.60. The first kappa shape index (κ1) is 25.0. The molecular formula is C15H29F3IN5O2. The number of guanidine groups is 1. The number of hydrogen-bond donors (Lipinski definition) is 2. The number of hydrogen-bond acceptors (Lipinski definition) is 4. The molecular weight excluding hydrogens is 466 g/mol. The van der Waals surface area contributed by atoms with E-state index in [1.807, 2.05) is 0 Å². The second kappa shape index (κ2) is 12.4. The average Bonchev–Trinajstić information content (AvgIpc) is 2.51. The summed E-state index contributed by atoms with van der Waals surface area (Å²) in [5.74, 6) is 0.285. The van der Waals surface area contributed by atoms with E-state index in [1.54, 1.807) is 11.8 Å². The Kier molecular flexibility index (Phi) is 11.9. The van der Waals surface area contributed by atoms with Gasteiger partial charge in [0.2, 0.25) is 0 Å². The molecule has 0 saturated carbocycles. The van der Waals surface area contributed by atoms with Crippen LogP contribution in [0.4, 0.5) is 18.0 Å². The number of halogens is 4. The average molecular weight is 495 g/mol. The molecule has 11 heteroatoms. The van der Waals surface area contributed by atoms with Crippen molar-refractivity contribution in [2.45, 2.75) is 38.4 Å². The molecule has 0 atom stereocenters. The molecule has 1 heterocycles. The summed E-state index contributed by atoms with van der Waals surface area (Å²) in [5, 5.41) is 3.09. The summed E-state index contributed by atoms with van der Waals surface area (Å²) in [6, 6.07) is 0.127. The molecule has 0 unspecified atom stereocenters. The second-order valence-electron chi connectivity index (χ2n) is 6.08. The van der Waals surface area contributed by atoms with Gasteiger partial charge < -0.3 is 20.7 Å². The van der Waals surface area contributed by atoms with Gasteiger partial charge in [0, 0.05) is 25.7 Å². The zero-order chi connectivity index (χ0) is 18.9. The van der Waals surface area contributed by atoms with Crippen LogP contribution in [0.5, 0.6) is 0 Å². The first-order chi connectivity index (χ1) is 11.7. The summed E-state index contributed by atoms with van der Waals surface area (Å²) >= 11 is 0. The van der Waals surface area contributed by atoms with Crippen molar-refractivity contribution in [2.75, 3.05) is 46.4 Å². The lowest BCUT2D eigenvalue weighted by atomic mass is 10.1. The summed E-state index contributed by atoms with van der Waals surface area (Å²) in [6.45, 7) is 3.04. The fraction of sp³-hybridized carbons (Fsp3) is 0.867. The summed E-state index contributed by atoms with van der Waals surface area (Å²) in [7, 11) is 1.43. The zero-order valence-corrected chi connectivity index (χ0v) is 17.5. The number of likely N-dealkylation sites (tertiary alicyclic amines) is 1. The van der Waals surface area contributed by atoms with E-state index in [0.29, 0.717) is 39.2 Å². The van der Waals surface area contributed by atoms with Gasteiger partial charge in [-0.15, -0.1) is 24.0 Å². The van der Waals surface area contributed by atoms with Gasteiger partial charge in [-0.1, -0.05) is 0 Å². The molecule has 0 radical (unpaired) electrons. The molecule has 0 aromatic rings. The number of amides is 1. The van der Waals surface area contributed by atoms with E-state index >= 15 is 0 Å². The number of aliphatic imine (C=N–C) groups is 1. The number of nitrogens with one attached hydrogen (secondary N) is 1. The Hall–Kier alpha value is -0.980. The van der Waals surface area contributed by atoms with Gasteiger partial charge in [-0.05, 0) is 39.8 Å². The van der Waals surface area contributed by atoms with Crippen LogP contribution in [0.2, 0.25) is 0 Å². The standard InChI is InChI=1S/C15H28F3N5O2.HI/c1-3-25-14(24)23-9-5-12(6-10-23)21-13(19)20-7-4-8-22(2)11-15(16,17)18;/h12H,3-11H2,1-2H3,(H3,19,20,21);1H. The topological polar surface area (TPSA) is 83.2 Å². The van der Waals surface area contributed by atoms with Crippen LogP contribution in [0.15, 0.2) is 4.99 Å². The SMILES string of the molecule is CCOC(=O)N1CCC(NC(N)=NCCCN(C)CC(F)(F)F)CC1.I. The number of carbonyl (C=O) groups is 1. The van der Waals surface area contributed by atoms with E-state index in [9.17, 15) is 18.0 Å². The van der Waals surface area contributed by atoms with Gasteiger partial charge in [-0.3, -0.25) is 9.89 Å². The summed E-state index contributed by atoms with van der Waals surface area (Å²) < 4.78 is 41.5. The van der Waals surface area contributed by atoms with Crippen molar-refractivity contribution in [3.05, 3.63) is 0 Å². The molecule has 7 nitrogen and oxygen atoms in total. The first-order valence-corrected chi connectivity index (χ1v) is 8.44. The molecule has 0 aromatic carbocycles. The van der Waals surface area contributed by atoms with Crippen LogP contribution in [0, 0.1) is 0 Å². The molecule has 0 aliphatic carbocycles. The highest BCUT2D eigenvalue weighted by atomic mass is 127. The van der Waals surface area contributed by atoms with E-state index in [2.05, 4.69) is 10.3 Å². The van der Waals surface area contributed by atoms with Gasteiger partial charge in [0.25, 0.3) is 0 Å². The first-order valence-electron chi connectivity index (χ1n) is 8.44. The van der Waals surface area contributed by atoms with Crippen LogP contribution >= 0.6 is 24.0 Å². The van der Waals surface area contributed by atoms with Crippen LogP contribution in [0.1, 0.15) is 26.2 Å². The largest absolute Gasteiger partial charge is 0.450 e. The van der Waals surface area contributed by atoms with Crippen LogP contribution in [-0.4, -0.2) is 80.4 Å². The van der Waals surface area contributed by atoms with Gasteiger partial charge in [0.15, 0.2) is 5.96 Å². The van der Waals surface area contributed by atoms with Crippen LogP contribution in [-0.2, 0) is 4.74 Å². The minimum Gasteiger partial charge on any atom is -0.450 e. The molecule has 1 amide bonds. The lowest BCUT2D eigenvalue weighted by Gasteiger charge is -2.31. The highest BCUT2D eigenvalue weighted by Gasteiger charge is 2.28. The third-order valence-corrected chi connectivity index (χ3v) is 3.80. The minimum atomic E-state index is -4.18. The lowest BCUT2D eigenvalue weighted by Crippen LogP contribution is -2.48. The van der Waals surface area contributed by atoms with Gasteiger partial charge >= 0.3 is 12.3 Å². The number of carbonyl (C=O) groups excluding carboxylic acids is 1. The molecule has 1 aliphatic rings. The zero-order valence-electron chi connectivity index (χ0n) is 15.2. The van der Waals surface area contributed by atoms with Crippen LogP contribution in [0.3, 0.4) is 0 Å². The normalized spacial score (nSPS) is 16.4. The number of nitrogens with zero attached hydrogens (tertiary/aromatic N) is 3. The van der Waals surface area contributed by atoms with E-state index < -0.39 is 12.7 Å². The van der Waals surface area contributed by atoms with E-state index in [-0.39, 0.29) is 42.1 Å². The predicted octanol–water partition coefficient (Wildman–Crippen LogP) is 2.01. The Balaban J connectivity index is 0.00000625. The fourth-order valence-electron chi connectivity index (χ4n) is 2.60. The Morgan fingerprint density at radius 2 is 2.00 bits per heavy atom. The Morgan fingerprint density at radius 1 is 1.38 bits per heavy atom. The smallest absolute Gasteiger partial charge is 0.409 e. The summed E-state index contributed by atoms with van der Waals surface area (Å²) in [4.78, 5) is 18.6. The number of nitrogens with two attached hydrogens (primary N) is 1. The number of alkyl halides is 3. The van der Waals surface area contributed by atoms with Crippen molar-refractivity contribution in [2.24, 2.45) is 10.7 Å². The predicted molar refractivity (Wildman–Crippen MR) is 105 cm³/mol. The van der Waals surface area contributed by atoms with E-state index in [1.165, 1.54) is 11.9 Å². The molecule has 1 fully saturated rings. The molecule has 1 aliphatic heterocycles. The Morgan fingerprint density at radius 3 is 2.54 bits per heavy atom. The molecule has 154 valence electrons. The van der Waals surface area contributed by atoms with Crippen molar-refractivity contribution < 1.29 is 22.7 Å². The van der Waals surface area contributed by atoms with Crippen LogP contribution < -0.4 is 11.1 Å². The van der Waals surface area contributed by atoms with E-state index in [0.717, 1.165) is 12.8 Å². The highest BCUT2D eigenvalue weighted by Crippen LogP contribution is 2.15. The highest BCUT2D eigenvalue weighted by molar-refractivity contribution is 14.0. The van der Waals surface area contributed by atoms with Crippen molar-refractivity contribution in [3.8, 4) is 0 Å². The third kappa shape index (κ3) is 10.9. The maximum Gasteiger partial charge on any atom is 0.409 e. The minimum absolute atomic E-state index is 0. The Labute approximate surface area is 169 Å². The van der Waals surface area contributed by atoms with Crippen molar-refractivity contribution >= 4 is 36.0 Å². The summed E-state index contributed by atoms with van der Waals surface area (Å²) in [5.41, 5.74) is 5.81. The van der Waals surface area contributed by atoms with Gasteiger partial charge in [0.05, 0.1) is 13.2 Å². The maximum atomic E-state index is 12.2. The molecule has 26 heavy (non-hydrogen) atoms. The van der Waals surface area contributed by atoms with Crippen molar-refractivity contribution in [3.63, 3.8) is 0 Å². The molecule has 0 bridgehead atoms. The monoisotopic (exact) mass is 495 g/mol. The molecule has 0 spiro atoms. The number of ether oxygens (including phenoxy) is 1. The van der Waals surface area contributed by atoms with E-state index in [4.69, 9.17) is 10.5 Å². The molecule has 1 rings (SSSR count). The second-order valence-corrected chi connectivity index (χ2v) is 6.08. The van der Waals surface area contributed by atoms with Gasteiger partial charge in [-0.25, -0.2) is 4.79 Å². The molecule has 1 saturated heterocycles.